The molecular weight excluding hydrogens is 250 g/mol. The van der Waals surface area contributed by atoms with Gasteiger partial charge in [-0.25, -0.2) is 4.98 Å². The van der Waals surface area contributed by atoms with Crippen LogP contribution < -0.4 is 5.32 Å². The van der Waals surface area contributed by atoms with Gasteiger partial charge in [-0.05, 0) is 31.9 Å². The molecule has 0 saturated carbocycles. The Hall–Kier alpha value is -2.12. The van der Waals surface area contributed by atoms with Crippen molar-refractivity contribution in [2.24, 2.45) is 0 Å². The number of ether oxygens (including phenoxy) is 1. The summed E-state index contributed by atoms with van der Waals surface area (Å²) >= 11 is 0. The van der Waals surface area contributed by atoms with Gasteiger partial charge in [0.15, 0.2) is 0 Å². The fourth-order valence-electron chi connectivity index (χ4n) is 2.66. The molecule has 20 heavy (non-hydrogen) atoms. The van der Waals surface area contributed by atoms with Crippen molar-refractivity contribution in [2.45, 2.75) is 31.9 Å². The van der Waals surface area contributed by atoms with Crippen molar-refractivity contribution >= 4 is 16.7 Å². The topological polar surface area (TPSA) is 57.9 Å². The number of nitrogens with one attached hydrogen (secondary N) is 1. The molecule has 3 rings (SSSR count). The van der Waals surface area contributed by atoms with E-state index in [4.69, 9.17) is 4.74 Å². The van der Waals surface area contributed by atoms with Crippen molar-refractivity contribution < 1.29 is 4.74 Å². The molecule has 1 fully saturated rings. The SMILES string of the molecule is CC(Nc1cc(C#N)c2ccccc2n1)C1CCCO1. The van der Waals surface area contributed by atoms with E-state index in [1.54, 1.807) is 0 Å². The number of anilines is 1. The fraction of sp³-hybridized carbons (Fsp3) is 0.375. The van der Waals surface area contributed by atoms with E-state index >= 15 is 0 Å². The summed E-state index contributed by atoms with van der Waals surface area (Å²) in [5.74, 6) is 0.739. The Labute approximate surface area is 118 Å². The van der Waals surface area contributed by atoms with Gasteiger partial charge in [-0.15, -0.1) is 0 Å². The van der Waals surface area contributed by atoms with Gasteiger partial charge >= 0.3 is 0 Å². The van der Waals surface area contributed by atoms with Crippen LogP contribution in [0, 0.1) is 11.3 Å². The standard InChI is InChI=1S/C16H17N3O/c1-11(15-7-4-8-20-15)18-16-9-12(10-17)13-5-2-3-6-14(13)19-16/h2-3,5-6,9,11,15H,4,7-8H2,1H3,(H,18,19). The van der Waals surface area contributed by atoms with Crippen LogP contribution in [0.4, 0.5) is 5.82 Å². The van der Waals surface area contributed by atoms with E-state index < -0.39 is 0 Å². The molecule has 2 heterocycles. The Morgan fingerprint density at radius 1 is 1.45 bits per heavy atom. The first-order valence-electron chi connectivity index (χ1n) is 6.96. The number of benzene rings is 1. The van der Waals surface area contributed by atoms with E-state index in [9.17, 15) is 5.26 Å². The predicted octanol–water partition coefficient (Wildman–Crippen LogP) is 3.09. The molecule has 2 aromatic rings. The summed E-state index contributed by atoms with van der Waals surface area (Å²) < 4.78 is 5.68. The van der Waals surface area contributed by atoms with Crippen LogP contribution in [0.25, 0.3) is 10.9 Å². The third-order valence-electron chi connectivity index (χ3n) is 3.73. The Morgan fingerprint density at radius 3 is 3.05 bits per heavy atom. The molecular formula is C16H17N3O. The molecule has 1 aromatic heterocycles. The summed E-state index contributed by atoms with van der Waals surface area (Å²) in [6.45, 7) is 2.93. The molecule has 4 heteroatoms. The molecule has 102 valence electrons. The van der Waals surface area contributed by atoms with Crippen LogP contribution in [0.15, 0.2) is 30.3 Å². The molecule has 1 aliphatic heterocycles. The van der Waals surface area contributed by atoms with Crippen LogP contribution in [0.2, 0.25) is 0 Å². The number of hydrogen-bond donors (Lipinski definition) is 1. The van der Waals surface area contributed by atoms with Crippen molar-refractivity contribution in [3.05, 3.63) is 35.9 Å². The average Bonchev–Trinajstić information content (AvgIpc) is 3.00. The van der Waals surface area contributed by atoms with Gasteiger partial charge in [0.1, 0.15) is 5.82 Å². The van der Waals surface area contributed by atoms with Gasteiger partial charge in [0, 0.05) is 12.0 Å². The molecule has 1 aromatic carbocycles. The molecule has 0 bridgehead atoms. The van der Waals surface area contributed by atoms with Gasteiger partial charge in [-0.3, -0.25) is 0 Å². The molecule has 4 nitrogen and oxygen atoms in total. The second-order valence-electron chi connectivity index (χ2n) is 5.17. The number of rotatable bonds is 3. The predicted molar refractivity (Wildman–Crippen MR) is 78.5 cm³/mol. The molecule has 0 amide bonds. The van der Waals surface area contributed by atoms with Gasteiger partial charge in [0.05, 0.1) is 29.3 Å². The maximum absolute atomic E-state index is 9.28. The number of pyridine rings is 1. The Kier molecular flexibility index (Phi) is 3.53. The highest BCUT2D eigenvalue weighted by atomic mass is 16.5. The molecule has 0 aliphatic carbocycles. The smallest absolute Gasteiger partial charge is 0.128 e. The monoisotopic (exact) mass is 267 g/mol. The maximum atomic E-state index is 9.28. The maximum Gasteiger partial charge on any atom is 0.128 e. The molecule has 0 radical (unpaired) electrons. The van der Waals surface area contributed by atoms with E-state index in [1.165, 1.54) is 0 Å². The molecule has 2 unspecified atom stereocenters. The summed E-state index contributed by atoms with van der Waals surface area (Å²) in [7, 11) is 0. The number of nitrogens with zero attached hydrogens (tertiary/aromatic N) is 2. The number of aromatic nitrogens is 1. The van der Waals surface area contributed by atoms with E-state index in [1.807, 2.05) is 30.3 Å². The third kappa shape index (κ3) is 2.45. The minimum atomic E-state index is 0.192. The lowest BCUT2D eigenvalue weighted by molar-refractivity contribution is 0.0996. The third-order valence-corrected chi connectivity index (χ3v) is 3.73. The number of nitriles is 1. The first-order chi connectivity index (χ1) is 9.78. The summed E-state index contributed by atoms with van der Waals surface area (Å²) in [6.07, 6.45) is 2.42. The lowest BCUT2D eigenvalue weighted by Crippen LogP contribution is -2.30. The largest absolute Gasteiger partial charge is 0.376 e. The molecule has 1 aliphatic rings. The van der Waals surface area contributed by atoms with Crippen LogP contribution in [0.3, 0.4) is 0 Å². The van der Waals surface area contributed by atoms with E-state index in [0.29, 0.717) is 5.56 Å². The molecule has 0 spiro atoms. The van der Waals surface area contributed by atoms with Gasteiger partial charge in [-0.2, -0.15) is 5.26 Å². The highest BCUT2D eigenvalue weighted by Crippen LogP contribution is 2.22. The zero-order valence-electron chi connectivity index (χ0n) is 11.5. The van der Waals surface area contributed by atoms with Crippen LogP contribution >= 0.6 is 0 Å². The highest BCUT2D eigenvalue weighted by molar-refractivity contribution is 5.86. The molecule has 1 N–H and O–H groups in total. The average molecular weight is 267 g/mol. The van der Waals surface area contributed by atoms with Crippen molar-refractivity contribution in [2.75, 3.05) is 11.9 Å². The van der Waals surface area contributed by atoms with Crippen LogP contribution in [0.5, 0.6) is 0 Å². The zero-order chi connectivity index (χ0) is 13.9. The number of para-hydroxylation sites is 1. The van der Waals surface area contributed by atoms with Gasteiger partial charge < -0.3 is 10.1 Å². The molecule has 2 atom stereocenters. The van der Waals surface area contributed by atoms with Crippen molar-refractivity contribution in [3.8, 4) is 6.07 Å². The second kappa shape index (κ2) is 5.48. The van der Waals surface area contributed by atoms with Crippen LogP contribution in [-0.4, -0.2) is 23.7 Å². The quantitative estimate of drug-likeness (QED) is 0.928. The highest BCUT2D eigenvalue weighted by Gasteiger charge is 2.22. The Morgan fingerprint density at radius 2 is 2.30 bits per heavy atom. The van der Waals surface area contributed by atoms with Crippen molar-refractivity contribution in [1.82, 2.24) is 4.98 Å². The Bertz CT molecular complexity index is 656. The first-order valence-corrected chi connectivity index (χ1v) is 6.96. The Balaban J connectivity index is 1.90. The summed E-state index contributed by atoms with van der Waals surface area (Å²) in [5, 5.41) is 13.5. The lowest BCUT2D eigenvalue weighted by atomic mass is 10.1. The minimum absolute atomic E-state index is 0.192. The van der Waals surface area contributed by atoms with E-state index in [0.717, 1.165) is 36.2 Å². The van der Waals surface area contributed by atoms with E-state index in [-0.39, 0.29) is 12.1 Å². The lowest BCUT2D eigenvalue weighted by Gasteiger charge is -2.20. The first kappa shape index (κ1) is 12.9. The summed E-state index contributed by atoms with van der Waals surface area (Å²) in [5.41, 5.74) is 1.49. The minimum Gasteiger partial charge on any atom is -0.376 e. The molecule has 1 saturated heterocycles. The summed E-state index contributed by atoms with van der Waals surface area (Å²) in [4.78, 5) is 4.58. The number of fused-ring (bicyclic) bond motifs is 1. The van der Waals surface area contributed by atoms with Gasteiger partial charge in [0.2, 0.25) is 0 Å². The second-order valence-corrected chi connectivity index (χ2v) is 5.17. The number of hydrogen-bond acceptors (Lipinski definition) is 4. The van der Waals surface area contributed by atoms with Crippen molar-refractivity contribution in [1.29, 1.82) is 5.26 Å². The van der Waals surface area contributed by atoms with Crippen molar-refractivity contribution in [3.63, 3.8) is 0 Å². The fourth-order valence-corrected chi connectivity index (χ4v) is 2.66. The van der Waals surface area contributed by atoms with Gasteiger partial charge in [0.25, 0.3) is 0 Å². The zero-order valence-corrected chi connectivity index (χ0v) is 11.5. The van der Waals surface area contributed by atoms with Crippen LogP contribution in [0.1, 0.15) is 25.3 Å². The van der Waals surface area contributed by atoms with Crippen LogP contribution in [-0.2, 0) is 4.74 Å². The normalized spacial score (nSPS) is 19.7. The summed E-state index contributed by atoms with van der Waals surface area (Å²) in [6, 6.07) is 12.0. The van der Waals surface area contributed by atoms with Gasteiger partial charge in [-0.1, -0.05) is 18.2 Å². The van der Waals surface area contributed by atoms with E-state index in [2.05, 4.69) is 23.3 Å².